The summed E-state index contributed by atoms with van der Waals surface area (Å²) < 4.78 is 46.1. The van der Waals surface area contributed by atoms with Crippen LogP contribution in [0.2, 0.25) is 0 Å². The Morgan fingerprint density at radius 1 is 1.11 bits per heavy atom. The van der Waals surface area contributed by atoms with Gasteiger partial charge >= 0.3 is 0 Å². The van der Waals surface area contributed by atoms with E-state index in [0.717, 1.165) is 5.56 Å². The number of nitrogens with zero attached hydrogens (tertiary/aromatic N) is 1. The molecule has 0 bridgehead atoms. The van der Waals surface area contributed by atoms with Gasteiger partial charge in [0.15, 0.2) is 0 Å². The third-order valence-electron chi connectivity index (χ3n) is 4.59. The number of benzene rings is 2. The second-order valence-electron chi connectivity index (χ2n) is 7.02. The fraction of sp³-hybridized carbons (Fsp3) is 0.350. The molecule has 2 atom stereocenters. The molecule has 1 heterocycles. The number of aryl methyl sites for hydroxylation is 1. The number of halogens is 1. The largest absolute Gasteiger partial charge is 0.373 e. The van der Waals surface area contributed by atoms with Crippen molar-refractivity contribution in [3.8, 4) is 0 Å². The quantitative estimate of drug-likeness (QED) is 0.846. The molecule has 6 nitrogen and oxygen atoms in total. The Morgan fingerprint density at radius 3 is 2.32 bits per heavy atom. The lowest BCUT2D eigenvalue weighted by Crippen LogP contribution is -2.48. The summed E-state index contributed by atoms with van der Waals surface area (Å²) in [6.07, 6.45) is -0.365. The number of sulfonamides is 1. The first-order valence-electron chi connectivity index (χ1n) is 9.00. The molecule has 0 aromatic heterocycles. The molecule has 2 aromatic carbocycles. The van der Waals surface area contributed by atoms with Gasteiger partial charge in [0.05, 0.1) is 17.1 Å². The summed E-state index contributed by atoms with van der Waals surface area (Å²) in [5.41, 5.74) is 1.38. The fourth-order valence-electron chi connectivity index (χ4n) is 3.18. The van der Waals surface area contributed by atoms with Crippen molar-refractivity contribution in [3.05, 3.63) is 59.4 Å². The van der Waals surface area contributed by atoms with Crippen LogP contribution in [0.4, 0.5) is 10.1 Å². The normalized spacial score (nSPS) is 20.7. The first-order valence-corrected chi connectivity index (χ1v) is 10.4. The van der Waals surface area contributed by atoms with E-state index >= 15 is 0 Å². The van der Waals surface area contributed by atoms with Crippen LogP contribution in [0.15, 0.2) is 47.4 Å². The highest BCUT2D eigenvalue weighted by Crippen LogP contribution is 2.22. The number of ether oxygens (including phenoxy) is 1. The molecule has 0 unspecified atom stereocenters. The van der Waals surface area contributed by atoms with Crippen molar-refractivity contribution in [2.75, 3.05) is 18.4 Å². The van der Waals surface area contributed by atoms with Crippen LogP contribution >= 0.6 is 0 Å². The minimum Gasteiger partial charge on any atom is -0.373 e. The molecule has 0 aliphatic carbocycles. The Morgan fingerprint density at radius 2 is 1.71 bits per heavy atom. The van der Waals surface area contributed by atoms with E-state index in [1.165, 1.54) is 40.7 Å². The van der Waals surface area contributed by atoms with Crippen LogP contribution in [0.1, 0.15) is 29.8 Å². The Hall–Kier alpha value is -2.29. The summed E-state index contributed by atoms with van der Waals surface area (Å²) in [6.45, 7) is 6.00. The predicted octanol–water partition coefficient (Wildman–Crippen LogP) is 3.18. The summed E-state index contributed by atoms with van der Waals surface area (Å²) in [6, 6.07) is 9.85. The second kappa shape index (κ2) is 7.98. The summed E-state index contributed by atoms with van der Waals surface area (Å²) in [7, 11) is -3.67. The van der Waals surface area contributed by atoms with E-state index < -0.39 is 21.7 Å². The number of anilines is 1. The highest BCUT2D eigenvalue weighted by Gasteiger charge is 2.32. The number of carbonyl (C=O) groups is 1. The maximum absolute atomic E-state index is 13.4. The molecule has 28 heavy (non-hydrogen) atoms. The van der Waals surface area contributed by atoms with Gasteiger partial charge in [-0.1, -0.05) is 6.07 Å². The Labute approximate surface area is 164 Å². The van der Waals surface area contributed by atoms with Gasteiger partial charge in [-0.3, -0.25) is 4.79 Å². The van der Waals surface area contributed by atoms with Crippen LogP contribution in [0.3, 0.4) is 0 Å². The Balaban J connectivity index is 1.77. The lowest BCUT2D eigenvalue weighted by molar-refractivity contribution is -0.0440. The van der Waals surface area contributed by atoms with Crippen LogP contribution in [0.5, 0.6) is 0 Å². The average molecular weight is 406 g/mol. The monoisotopic (exact) mass is 406 g/mol. The average Bonchev–Trinajstić information content (AvgIpc) is 2.64. The van der Waals surface area contributed by atoms with Gasteiger partial charge in [-0.25, -0.2) is 12.8 Å². The number of morpholine rings is 1. The number of carbonyl (C=O) groups excluding carboxylic acids is 1. The first kappa shape index (κ1) is 20.4. The summed E-state index contributed by atoms with van der Waals surface area (Å²) in [5.74, 6) is -0.887. The van der Waals surface area contributed by atoms with E-state index in [1.54, 1.807) is 13.0 Å². The van der Waals surface area contributed by atoms with Gasteiger partial charge in [0.1, 0.15) is 5.82 Å². The molecular formula is C20H23FN2O4S. The zero-order valence-electron chi connectivity index (χ0n) is 16.0. The fourth-order valence-corrected chi connectivity index (χ4v) is 4.77. The molecule has 1 aliphatic rings. The maximum atomic E-state index is 13.4. The number of hydrogen-bond donors (Lipinski definition) is 1. The van der Waals surface area contributed by atoms with Gasteiger partial charge in [-0.05, 0) is 62.7 Å². The van der Waals surface area contributed by atoms with E-state index in [4.69, 9.17) is 4.74 Å². The van der Waals surface area contributed by atoms with Gasteiger partial charge in [-0.2, -0.15) is 4.31 Å². The van der Waals surface area contributed by atoms with Crippen molar-refractivity contribution in [2.24, 2.45) is 0 Å². The Kier molecular flexibility index (Phi) is 5.83. The molecule has 1 amide bonds. The number of nitrogens with one attached hydrogen (secondary N) is 1. The topological polar surface area (TPSA) is 75.7 Å². The number of amides is 1. The molecule has 150 valence electrons. The zero-order valence-corrected chi connectivity index (χ0v) is 16.8. The lowest BCUT2D eigenvalue weighted by Gasteiger charge is -2.34. The predicted molar refractivity (Wildman–Crippen MR) is 104 cm³/mol. The van der Waals surface area contributed by atoms with Gasteiger partial charge in [0.2, 0.25) is 10.0 Å². The molecule has 0 spiro atoms. The molecule has 3 rings (SSSR count). The third kappa shape index (κ3) is 4.40. The van der Waals surface area contributed by atoms with Crippen molar-refractivity contribution in [2.45, 2.75) is 37.9 Å². The highest BCUT2D eigenvalue weighted by molar-refractivity contribution is 7.89. The van der Waals surface area contributed by atoms with E-state index in [1.807, 2.05) is 13.8 Å². The third-order valence-corrected chi connectivity index (χ3v) is 6.43. The van der Waals surface area contributed by atoms with E-state index in [2.05, 4.69) is 5.32 Å². The van der Waals surface area contributed by atoms with Gasteiger partial charge in [0.25, 0.3) is 5.91 Å². The molecule has 8 heteroatoms. The smallest absolute Gasteiger partial charge is 0.255 e. The van der Waals surface area contributed by atoms with Crippen LogP contribution in [-0.2, 0) is 14.8 Å². The number of rotatable bonds is 4. The van der Waals surface area contributed by atoms with Gasteiger partial charge in [-0.15, -0.1) is 0 Å². The standard InChI is InChI=1S/C20H23FN2O4S/c1-13-4-7-17(21)10-19(13)22-20(24)16-5-8-18(9-6-16)28(25,26)23-11-14(2)27-15(3)12-23/h4-10,14-15H,11-12H2,1-3H3,(H,22,24)/t14-,15-/m0/s1. The van der Waals surface area contributed by atoms with Crippen molar-refractivity contribution in [1.29, 1.82) is 0 Å². The summed E-state index contributed by atoms with van der Waals surface area (Å²) in [4.78, 5) is 12.5. The number of hydrogen-bond acceptors (Lipinski definition) is 4. The van der Waals surface area contributed by atoms with E-state index in [-0.39, 0.29) is 35.8 Å². The molecule has 1 fully saturated rings. The minimum atomic E-state index is -3.67. The second-order valence-corrected chi connectivity index (χ2v) is 8.96. The van der Waals surface area contributed by atoms with Crippen molar-refractivity contribution >= 4 is 21.6 Å². The van der Waals surface area contributed by atoms with E-state index in [0.29, 0.717) is 5.69 Å². The molecule has 1 N–H and O–H groups in total. The lowest BCUT2D eigenvalue weighted by atomic mass is 10.1. The molecule has 2 aromatic rings. The molecular weight excluding hydrogens is 383 g/mol. The molecule has 0 radical (unpaired) electrons. The van der Waals surface area contributed by atoms with Crippen LogP contribution in [0.25, 0.3) is 0 Å². The molecule has 1 saturated heterocycles. The highest BCUT2D eigenvalue weighted by atomic mass is 32.2. The van der Waals surface area contributed by atoms with Crippen LogP contribution in [-0.4, -0.2) is 43.9 Å². The van der Waals surface area contributed by atoms with Gasteiger partial charge < -0.3 is 10.1 Å². The minimum absolute atomic E-state index is 0.118. The van der Waals surface area contributed by atoms with Crippen molar-refractivity contribution in [3.63, 3.8) is 0 Å². The molecule has 1 aliphatic heterocycles. The van der Waals surface area contributed by atoms with Gasteiger partial charge in [0, 0.05) is 24.3 Å². The SMILES string of the molecule is Cc1ccc(F)cc1NC(=O)c1ccc(S(=O)(=O)N2C[C@H](C)O[C@@H](C)C2)cc1. The first-order chi connectivity index (χ1) is 13.2. The Bertz CT molecular complexity index is 966. The van der Waals surface area contributed by atoms with Crippen LogP contribution in [0, 0.1) is 12.7 Å². The zero-order chi connectivity index (χ0) is 20.5. The van der Waals surface area contributed by atoms with E-state index in [9.17, 15) is 17.6 Å². The van der Waals surface area contributed by atoms with Crippen LogP contribution < -0.4 is 5.32 Å². The molecule has 0 saturated carbocycles. The summed E-state index contributed by atoms with van der Waals surface area (Å²) in [5, 5.41) is 2.65. The van der Waals surface area contributed by atoms with Crippen molar-refractivity contribution < 1.29 is 22.3 Å². The van der Waals surface area contributed by atoms with Crippen molar-refractivity contribution in [1.82, 2.24) is 4.31 Å². The summed E-state index contributed by atoms with van der Waals surface area (Å²) >= 11 is 0. The maximum Gasteiger partial charge on any atom is 0.255 e.